The highest BCUT2D eigenvalue weighted by Crippen LogP contribution is 2.35. The summed E-state index contributed by atoms with van der Waals surface area (Å²) in [4.78, 5) is 12.5. The van der Waals surface area contributed by atoms with E-state index in [1.54, 1.807) is 17.8 Å². The van der Waals surface area contributed by atoms with Gasteiger partial charge in [0.1, 0.15) is 6.07 Å². The van der Waals surface area contributed by atoms with Crippen LogP contribution in [0.4, 0.5) is 0 Å². The van der Waals surface area contributed by atoms with E-state index in [0.717, 1.165) is 15.5 Å². The molecule has 0 unspecified atom stereocenters. The van der Waals surface area contributed by atoms with Crippen molar-refractivity contribution >= 4 is 29.5 Å². The van der Waals surface area contributed by atoms with Gasteiger partial charge in [0.05, 0.1) is 5.56 Å². The number of carboxylic acid groups (broad SMARTS) is 1. The first-order valence-corrected chi connectivity index (χ1v) is 7.62. The van der Waals surface area contributed by atoms with Gasteiger partial charge in [0.2, 0.25) is 5.76 Å². The fraction of sp³-hybridized carbons (Fsp3) is 0.143. The Kier molecular flexibility index (Phi) is 4.77. The summed E-state index contributed by atoms with van der Waals surface area (Å²) in [5, 5.41) is 18.6. The Labute approximate surface area is 124 Å². The highest BCUT2D eigenvalue weighted by molar-refractivity contribution is 8.00. The Morgan fingerprint density at radius 2 is 2.10 bits per heavy atom. The molecule has 1 aromatic carbocycles. The molecule has 102 valence electrons. The Hall–Kier alpha value is -1.84. The van der Waals surface area contributed by atoms with Gasteiger partial charge in [0, 0.05) is 9.79 Å². The molecule has 6 heteroatoms. The molecule has 0 spiro atoms. The van der Waals surface area contributed by atoms with E-state index in [1.165, 1.54) is 17.8 Å². The van der Waals surface area contributed by atoms with Crippen LogP contribution in [0.2, 0.25) is 0 Å². The smallest absolute Gasteiger partial charge is 0.371 e. The second-order valence-corrected chi connectivity index (χ2v) is 6.05. The van der Waals surface area contributed by atoms with Gasteiger partial charge in [-0.2, -0.15) is 5.26 Å². The normalized spacial score (nSPS) is 10.2. The molecule has 4 nitrogen and oxygen atoms in total. The number of aromatic carboxylic acids is 1. The minimum absolute atomic E-state index is 0.106. The molecule has 0 saturated heterocycles. The number of hydrogen-bond acceptors (Lipinski definition) is 5. The van der Waals surface area contributed by atoms with Crippen LogP contribution in [0, 0.1) is 11.3 Å². The maximum Gasteiger partial charge on any atom is 0.371 e. The highest BCUT2D eigenvalue weighted by Gasteiger charge is 2.13. The van der Waals surface area contributed by atoms with Gasteiger partial charge in [0.15, 0.2) is 5.09 Å². The molecule has 1 aromatic heterocycles. The zero-order valence-electron chi connectivity index (χ0n) is 10.6. The number of nitrogens with zero attached hydrogens (tertiary/aromatic N) is 1. The van der Waals surface area contributed by atoms with Crippen LogP contribution in [0.1, 0.15) is 23.0 Å². The van der Waals surface area contributed by atoms with Gasteiger partial charge in [-0.3, -0.25) is 0 Å². The zero-order chi connectivity index (χ0) is 14.5. The van der Waals surface area contributed by atoms with Gasteiger partial charge in [-0.1, -0.05) is 24.8 Å². The molecule has 0 aliphatic carbocycles. The topological polar surface area (TPSA) is 74.2 Å². The second-order valence-electron chi connectivity index (χ2n) is 3.70. The summed E-state index contributed by atoms with van der Waals surface area (Å²) in [5.41, 5.74) is 0.595. The van der Waals surface area contributed by atoms with E-state index in [9.17, 15) is 10.1 Å². The zero-order valence-corrected chi connectivity index (χ0v) is 12.3. The third-order valence-corrected chi connectivity index (χ3v) is 4.32. The van der Waals surface area contributed by atoms with Crippen molar-refractivity contribution in [3.63, 3.8) is 0 Å². The molecule has 0 aliphatic heterocycles. The third kappa shape index (κ3) is 3.18. The lowest BCUT2D eigenvalue weighted by Crippen LogP contribution is -1.91. The van der Waals surface area contributed by atoms with Gasteiger partial charge in [0.25, 0.3) is 0 Å². The summed E-state index contributed by atoms with van der Waals surface area (Å²) in [6, 6.07) is 10.8. The number of rotatable bonds is 5. The maximum atomic E-state index is 10.8. The molecule has 2 rings (SSSR count). The minimum Gasteiger partial charge on any atom is -0.475 e. The molecule has 0 atom stereocenters. The van der Waals surface area contributed by atoms with Crippen LogP contribution in [0.3, 0.4) is 0 Å². The number of carbonyl (C=O) groups is 1. The Balaban J connectivity index is 2.30. The van der Waals surface area contributed by atoms with Gasteiger partial charge in [-0.25, -0.2) is 4.79 Å². The van der Waals surface area contributed by atoms with Crippen molar-refractivity contribution in [3.05, 3.63) is 41.7 Å². The van der Waals surface area contributed by atoms with Crippen LogP contribution in [-0.4, -0.2) is 16.8 Å². The summed E-state index contributed by atoms with van der Waals surface area (Å²) in [6.07, 6.45) is 0. The van der Waals surface area contributed by atoms with Crippen LogP contribution >= 0.6 is 23.5 Å². The molecule has 0 bridgehead atoms. The average Bonchev–Trinajstić information content (AvgIpc) is 2.88. The third-order valence-electron chi connectivity index (χ3n) is 2.40. The SMILES string of the molecule is CCSc1cccc(Sc2ccc(C(=O)O)o2)c1C#N. The molecule has 1 heterocycles. The lowest BCUT2D eigenvalue weighted by molar-refractivity contribution is 0.0656. The van der Waals surface area contributed by atoms with Crippen molar-refractivity contribution in [3.8, 4) is 6.07 Å². The van der Waals surface area contributed by atoms with E-state index in [2.05, 4.69) is 6.07 Å². The lowest BCUT2D eigenvalue weighted by atomic mass is 10.2. The van der Waals surface area contributed by atoms with E-state index < -0.39 is 5.97 Å². The molecular formula is C14H11NO3S2. The number of carboxylic acids is 1. The molecule has 0 saturated carbocycles. The van der Waals surface area contributed by atoms with Crippen molar-refractivity contribution in [1.82, 2.24) is 0 Å². The Bertz CT molecular complexity index is 673. The minimum atomic E-state index is -1.10. The molecule has 1 N–H and O–H groups in total. The molecule has 2 aromatic rings. The monoisotopic (exact) mass is 305 g/mol. The highest BCUT2D eigenvalue weighted by atomic mass is 32.2. The first-order valence-electron chi connectivity index (χ1n) is 5.82. The summed E-state index contributed by atoms with van der Waals surface area (Å²) < 4.78 is 5.20. The predicted molar refractivity (Wildman–Crippen MR) is 77.3 cm³/mol. The van der Waals surface area contributed by atoms with Crippen molar-refractivity contribution in [2.24, 2.45) is 0 Å². The standard InChI is InChI=1S/C14H11NO3S2/c1-2-19-11-4-3-5-12(9(11)8-15)20-13-7-6-10(18-13)14(16)17/h3-7H,2H2,1H3,(H,16,17). The fourth-order valence-corrected chi connectivity index (χ4v) is 3.32. The van der Waals surface area contributed by atoms with E-state index in [4.69, 9.17) is 9.52 Å². The van der Waals surface area contributed by atoms with Gasteiger partial charge in [-0.15, -0.1) is 11.8 Å². The van der Waals surface area contributed by atoms with Crippen molar-refractivity contribution in [1.29, 1.82) is 5.26 Å². The number of thioether (sulfide) groups is 1. The summed E-state index contributed by atoms with van der Waals surface area (Å²) in [7, 11) is 0. The number of benzene rings is 1. The largest absolute Gasteiger partial charge is 0.475 e. The average molecular weight is 305 g/mol. The molecule has 0 radical (unpaired) electrons. The lowest BCUT2D eigenvalue weighted by Gasteiger charge is -2.06. The Morgan fingerprint density at radius 1 is 1.35 bits per heavy atom. The second kappa shape index (κ2) is 6.55. The van der Waals surface area contributed by atoms with Gasteiger partial charge >= 0.3 is 5.97 Å². The summed E-state index contributed by atoms with van der Waals surface area (Å²) in [6.45, 7) is 2.03. The summed E-state index contributed by atoms with van der Waals surface area (Å²) in [5.74, 6) is -0.329. The number of furan rings is 1. The van der Waals surface area contributed by atoms with Gasteiger partial charge in [-0.05, 0) is 30.0 Å². The molecule has 0 amide bonds. The van der Waals surface area contributed by atoms with Crippen LogP contribution in [0.15, 0.2) is 49.6 Å². The van der Waals surface area contributed by atoms with Crippen LogP contribution in [-0.2, 0) is 0 Å². The van der Waals surface area contributed by atoms with Crippen LogP contribution in [0.25, 0.3) is 0 Å². The van der Waals surface area contributed by atoms with Crippen molar-refractivity contribution in [2.45, 2.75) is 21.8 Å². The van der Waals surface area contributed by atoms with E-state index in [1.807, 2.05) is 25.1 Å². The van der Waals surface area contributed by atoms with Crippen molar-refractivity contribution < 1.29 is 14.3 Å². The van der Waals surface area contributed by atoms with Crippen LogP contribution in [0.5, 0.6) is 0 Å². The van der Waals surface area contributed by atoms with E-state index in [0.29, 0.717) is 10.7 Å². The number of hydrogen-bond donors (Lipinski definition) is 1. The van der Waals surface area contributed by atoms with Gasteiger partial charge < -0.3 is 9.52 Å². The molecule has 0 aliphatic rings. The quantitative estimate of drug-likeness (QED) is 0.838. The van der Waals surface area contributed by atoms with E-state index in [-0.39, 0.29) is 5.76 Å². The summed E-state index contributed by atoms with van der Waals surface area (Å²) >= 11 is 2.85. The predicted octanol–water partition coefficient (Wildman–Crippen LogP) is 4.11. The fourth-order valence-electron chi connectivity index (χ4n) is 1.58. The van der Waals surface area contributed by atoms with Crippen molar-refractivity contribution in [2.75, 3.05) is 5.75 Å². The Morgan fingerprint density at radius 3 is 2.70 bits per heavy atom. The maximum absolute atomic E-state index is 10.8. The van der Waals surface area contributed by atoms with Crippen LogP contribution < -0.4 is 0 Å². The first kappa shape index (κ1) is 14.6. The molecular weight excluding hydrogens is 294 g/mol. The van der Waals surface area contributed by atoms with E-state index >= 15 is 0 Å². The first-order chi connectivity index (χ1) is 9.65. The molecule has 0 fully saturated rings. The number of nitriles is 1. The molecule has 20 heavy (non-hydrogen) atoms.